The molecule has 0 aliphatic rings. The van der Waals surface area contributed by atoms with Crippen LogP contribution in [0.4, 0.5) is 36.3 Å². The zero-order chi connectivity index (χ0) is 19.0. The molecule has 0 radical (unpaired) electrons. The molecule has 136 valence electrons. The number of hydrogen-bond donors (Lipinski definition) is 3. The van der Waals surface area contributed by atoms with Crippen molar-refractivity contribution in [2.45, 2.75) is 6.92 Å². The monoisotopic (exact) mass is 370 g/mol. The van der Waals surface area contributed by atoms with Crippen molar-refractivity contribution in [3.8, 4) is 0 Å². The molecule has 2 aromatic carbocycles. The van der Waals surface area contributed by atoms with Crippen molar-refractivity contribution in [1.82, 2.24) is 20.2 Å². The summed E-state index contributed by atoms with van der Waals surface area (Å²) in [4.78, 5) is 7.96. The van der Waals surface area contributed by atoms with Gasteiger partial charge in [0.05, 0.1) is 17.4 Å². The van der Waals surface area contributed by atoms with E-state index in [1.807, 2.05) is 19.1 Å². The van der Waals surface area contributed by atoms with Gasteiger partial charge in [0.25, 0.3) is 0 Å². The summed E-state index contributed by atoms with van der Waals surface area (Å²) in [6.45, 7) is 1.88. The molecule has 2 aromatic heterocycles. The Morgan fingerprint density at radius 2 is 1.67 bits per heavy atom. The summed E-state index contributed by atoms with van der Waals surface area (Å²) in [7, 11) is 0. The minimum absolute atomic E-state index is 0.141. The molecule has 0 aliphatic heterocycles. The van der Waals surface area contributed by atoms with E-state index < -0.39 is 17.5 Å². The van der Waals surface area contributed by atoms with Crippen molar-refractivity contribution >= 4 is 34.0 Å². The van der Waals surface area contributed by atoms with Gasteiger partial charge in [0.15, 0.2) is 23.3 Å². The fourth-order valence-corrected chi connectivity index (χ4v) is 2.58. The van der Waals surface area contributed by atoms with Crippen molar-refractivity contribution in [2.75, 3.05) is 10.6 Å². The van der Waals surface area contributed by atoms with Crippen LogP contribution in [0, 0.1) is 24.4 Å². The average Bonchev–Trinajstić information content (AvgIpc) is 3.02. The number of H-pyrrole nitrogens is 1. The summed E-state index contributed by atoms with van der Waals surface area (Å²) in [5.74, 6) is -2.79. The van der Waals surface area contributed by atoms with Gasteiger partial charge in [-0.25, -0.2) is 18.2 Å². The highest BCUT2D eigenvalue weighted by molar-refractivity contribution is 5.85. The molecular formula is C18H13F3N6. The van der Waals surface area contributed by atoms with Crippen LogP contribution in [-0.2, 0) is 0 Å². The van der Waals surface area contributed by atoms with Gasteiger partial charge in [0.1, 0.15) is 0 Å². The van der Waals surface area contributed by atoms with Crippen LogP contribution in [-0.4, -0.2) is 20.2 Å². The van der Waals surface area contributed by atoms with E-state index in [0.29, 0.717) is 5.69 Å². The van der Waals surface area contributed by atoms with Crippen LogP contribution in [0.3, 0.4) is 0 Å². The van der Waals surface area contributed by atoms with E-state index in [-0.39, 0.29) is 17.5 Å². The minimum atomic E-state index is -1.04. The van der Waals surface area contributed by atoms with Crippen LogP contribution in [0.2, 0.25) is 0 Å². The van der Waals surface area contributed by atoms with E-state index >= 15 is 0 Å². The third-order valence-electron chi connectivity index (χ3n) is 3.94. The van der Waals surface area contributed by atoms with E-state index in [9.17, 15) is 13.2 Å². The van der Waals surface area contributed by atoms with Gasteiger partial charge in [-0.05, 0) is 37.3 Å². The second kappa shape index (κ2) is 6.60. The Balaban J connectivity index is 1.60. The predicted octanol–water partition coefficient (Wildman–Crippen LogP) is 4.57. The Morgan fingerprint density at radius 1 is 0.889 bits per heavy atom. The lowest BCUT2D eigenvalue weighted by molar-refractivity contribution is 0.509. The topological polar surface area (TPSA) is 78.5 Å². The molecule has 0 amide bonds. The highest BCUT2D eigenvalue weighted by Gasteiger charge is 2.10. The van der Waals surface area contributed by atoms with Crippen LogP contribution in [0.5, 0.6) is 0 Å². The fraction of sp³-hybridized carbons (Fsp3) is 0.0556. The third kappa shape index (κ3) is 3.39. The zero-order valence-electron chi connectivity index (χ0n) is 14.0. The number of rotatable bonds is 4. The third-order valence-corrected chi connectivity index (χ3v) is 3.94. The Labute approximate surface area is 151 Å². The number of aryl methyl sites for hydroxylation is 1. The highest BCUT2D eigenvalue weighted by Crippen LogP contribution is 2.24. The number of hydrogen-bond acceptors (Lipinski definition) is 5. The lowest BCUT2D eigenvalue weighted by atomic mass is 10.2. The summed E-state index contributed by atoms with van der Waals surface area (Å²) in [6.07, 6.45) is 0.985. The SMILES string of the molecule is Cc1n[nH]c2ccc(Nc3ncc(F)c(Nc4ccc(F)c(F)c4)n3)cc12. The fourth-order valence-electron chi connectivity index (χ4n) is 2.58. The van der Waals surface area contributed by atoms with Crippen molar-refractivity contribution in [1.29, 1.82) is 0 Å². The number of aromatic nitrogens is 4. The number of halogens is 3. The minimum Gasteiger partial charge on any atom is -0.338 e. The van der Waals surface area contributed by atoms with Crippen molar-refractivity contribution in [3.05, 3.63) is 65.7 Å². The molecule has 0 fully saturated rings. The molecule has 0 atom stereocenters. The van der Waals surface area contributed by atoms with E-state index in [1.54, 1.807) is 6.07 Å². The molecule has 4 aromatic rings. The van der Waals surface area contributed by atoms with Gasteiger partial charge in [-0.15, -0.1) is 0 Å². The van der Waals surface area contributed by atoms with Crippen molar-refractivity contribution < 1.29 is 13.2 Å². The first kappa shape index (κ1) is 16.8. The van der Waals surface area contributed by atoms with Crippen LogP contribution in [0.1, 0.15) is 5.69 Å². The summed E-state index contributed by atoms with van der Waals surface area (Å²) < 4.78 is 40.3. The van der Waals surface area contributed by atoms with Crippen LogP contribution < -0.4 is 10.6 Å². The molecule has 9 heteroatoms. The molecule has 0 aliphatic carbocycles. The Kier molecular flexibility index (Phi) is 4.11. The lowest BCUT2D eigenvalue weighted by Gasteiger charge is -2.10. The van der Waals surface area contributed by atoms with Crippen molar-refractivity contribution in [2.24, 2.45) is 0 Å². The second-order valence-corrected chi connectivity index (χ2v) is 5.84. The molecule has 0 spiro atoms. The zero-order valence-corrected chi connectivity index (χ0v) is 14.0. The van der Waals surface area contributed by atoms with Gasteiger partial charge in [-0.1, -0.05) is 0 Å². The van der Waals surface area contributed by atoms with Crippen LogP contribution >= 0.6 is 0 Å². The molecule has 0 bridgehead atoms. The number of aromatic amines is 1. The molecule has 0 saturated carbocycles. The van der Waals surface area contributed by atoms with E-state index in [4.69, 9.17) is 0 Å². The first-order chi connectivity index (χ1) is 13.0. The number of fused-ring (bicyclic) bond motifs is 1. The second-order valence-electron chi connectivity index (χ2n) is 5.84. The van der Waals surface area contributed by atoms with Crippen LogP contribution in [0.25, 0.3) is 10.9 Å². The van der Waals surface area contributed by atoms with Crippen molar-refractivity contribution in [3.63, 3.8) is 0 Å². The Morgan fingerprint density at radius 3 is 2.48 bits per heavy atom. The summed E-state index contributed by atoms with van der Waals surface area (Å²) in [6, 6.07) is 8.65. The maximum atomic E-state index is 14.0. The molecule has 2 heterocycles. The first-order valence-corrected chi connectivity index (χ1v) is 7.96. The number of benzene rings is 2. The number of nitrogens with zero attached hydrogens (tertiary/aromatic N) is 3. The Hall–Kier alpha value is -3.62. The van der Waals surface area contributed by atoms with E-state index in [2.05, 4.69) is 30.8 Å². The molecule has 6 nitrogen and oxygen atoms in total. The average molecular weight is 370 g/mol. The normalized spacial score (nSPS) is 11.0. The number of nitrogens with one attached hydrogen (secondary N) is 3. The molecule has 3 N–H and O–H groups in total. The summed E-state index contributed by atoms with van der Waals surface area (Å²) >= 11 is 0. The molecule has 4 rings (SSSR count). The molecular weight excluding hydrogens is 357 g/mol. The highest BCUT2D eigenvalue weighted by atomic mass is 19.2. The van der Waals surface area contributed by atoms with Gasteiger partial charge < -0.3 is 10.6 Å². The smallest absolute Gasteiger partial charge is 0.229 e. The molecule has 27 heavy (non-hydrogen) atoms. The number of anilines is 4. The lowest BCUT2D eigenvalue weighted by Crippen LogP contribution is -2.03. The van der Waals surface area contributed by atoms with Gasteiger partial charge in [0, 0.05) is 22.8 Å². The summed E-state index contributed by atoms with van der Waals surface area (Å²) in [5.41, 5.74) is 2.58. The van der Waals surface area contributed by atoms with Gasteiger partial charge >= 0.3 is 0 Å². The largest absolute Gasteiger partial charge is 0.338 e. The maximum absolute atomic E-state index is 14.0. The molecule has 0 unspecified atom stereocenters. The quantitative estimate of drug-likeness (QED) is 0.491. The standard InChI is InChI=1S/C18H13F3N6/c1-9-12-6-10(3-5-16(12)27-26-9)24-18-22-8-15(21)17(25-18)23-11-2-4-13(19)14(20)7-11/h2-8H,1H3,(H,26,27)(H2,22,23,24,25). The van der Waals surface area contributed by atoms with Gasteiger partial charge in [0.2, 0.25) is 5.95 Å². The Bertz CT molecular complexity index is 1140. The summed E-state index contributed by atoms with van der Waals surface area (Å²) in [5, 5.41) is 13.6. The predicted molar refractivity (Wildman–Crippen MR) is 95.7 cm³/mol. The maximum Gasteiger partial charge on any atom is 0.229 e. The van der Waals surface area contributed by atoms with E-state index in [1.165, 1.54) is 6.07 Å². The van der Waals surface area contributed by atoms with Gasteiger partial charge in [-0.2, -0.15) is 10.1 Å². The van der Waals surface area contributed by atoms with E-state index in [0.717, 1.165) is 34.9 Å². The molecule has 0 saturated heterocycles. The first-order valence-electron chi connectivity index (χ1n) is 7.96. The van der Waals surface area contributed by atoms with Gasteiger partial charge in [-0.3, -0.25) is 5.10 Å². The van der Waals surface area contributed by atoms with Crippen LogP contribution in [0.15, 0.2) is 42.6 Å².